The molecule has 3 N–H and O–H groups in total. The quantitative estimate of drug-likeness (QED) is 0.837. The highest BCUT2D eigenvalue weighted by Crippen LogP contribution is 2.37. The molecule has 5 heteroatoms. The predicted molar refractivity (Wildman–Crippen MR) is 81.8 cm³/mol. The number of thiophene rings is 1. The van der Waals surface area contributed by atoms with Crippen LogP contribution in [-0.2, 0) is 17.6 Å². The molecule has 0 saturated carbocycles. The molecule has 0 fully saturated rings. The number of hydrogen-bond acceptors (Lipinski definition) is 4. The van der Waals surface area contributed by atoms with Gasteiger partial charge in [0.05, 0.1) is 5.56 Å². The fourth-order valence-corrected chi connectivity index (χ4v) is 3.78. The number of hydrogen-bond donors (Lipinski definition) is 2. The van der Waals surface area contributed by atoms with Crippen LogP contribution in [0, 0.1) is 17.2 Å². The lowest BCUT2D eigenvalue weighted by Gasteiger charge is -2.08. The Hall–Kier alpha value is -1.38. The van der Waals surface area contributed by atoms with E-state index < -0.39 is 0 Å². The smallest absolute Gasteiger partial charge is 0.225 e. The van der Waals surface area contributed by atoms with Gasteiger partial charge in [0.25, 0.3) is 0 Å². The molecular formula is C15H21N3OS. The van der Waals surface area contributed by atoms with Gasteiger partial charge in [-0.3, -0.25) is 4.79 Å². The molecule has 0 radical (unpaired) electrons. The third-order valence-corrected chi connectivity index (χ3v) is 4.93. The molecule has 0 saturated heterocycles. The molecule has 108 valence electrons. The molecule has 1 atom stereocenters. The molecule has 1 aliphatic carbocycles. The van der Waals surface area contributed by atoms with Gasteiger partial charge in [-0.05, 0) is 43.7 Å². The lowest BCUT2D eigenvalue weighted by molar-refractivity contribution is -0.116. The first-order chi connectivity index (χ1) is 9.65. The molecule has 0 aromatic carbocycles. The van der Waals surface area contributed by atoms with E-state index in [0.717, 1.165) is 29.8 Å². The van der Waals surface area contributed by atoms with E-state index in [1.807, 2.05) is 6.92 Å². The van der Waals surface area contributed by atoms with Crippen molar-refractivity contribution in [3.8, 4) is 6.07 Å². The standard InChI is InChI=1S/C15H21N3OS/c1-10(8-16)7-14(19)18-15-12(9-17)11-5-3-2-4-6-13(11)20-15/h10H,2-8,16H2,1H3,(H,18,19). The van der Waals surface area contributed by atoms with Gasteiger partial charge in [0.2, 0.25) is 5.91 Å². The second kappa shape index (κ2) is 6.87. The Morgan fingerprint density at radius 2 is 2.20 bits per heavy atom. The molecule has 20 heavy (non-hydrogen) atoms. The number of nitrogens with one attached hydrogen (secondary N) is 1. The maximum Gasteiger partial charge on any atom is 0.225 e. The Labute approximate surface area is 124 Å². The predicted octanol–water partition coefficient (Wildman–Crippen LogP) is 2.81. The number of nitriles is 1. The average Bonchev–Trinajstić information content (AvgIpc) is 2.60. The first-order valence-corrected chi connectivity index (χ1v) is 8.02. The summed E-state index contributed by atoms with van der Waals surface area (Å²) in [6.07, 6.45) is 5.94. The number of aryl methyl sites for hydroxylation is 1. The topological polar surface area (TPSA) is 78.9 Å². The molecule has 0 bridgehead atoms. The van der Waals surface area contributed by atoms with Crippen molar-refractivity contribution in [2.45, 2.75) is 45.4 Å². The van der Waals surface area contributed by atoms with E-state index in [4.69, 9.17) is 5.73 Å². The Kier molecular flexibility index (Phi) is 5.16. The Morgan fingerprint density at radius 3 is 2.90 bits per heavy atom. The number of amides is 1. The molecule has 1 aromatic rings. The van der Waals surface area contributed by atoms with Crippen LogP contribution in [0.3, 0.4) is 0 Å². The van der Waals surface area contributed by atoms with E-state index in [2.05, 4.69) is 11.4 Å². The zero-order chi connectivity index (χ0) is 14.5. The van der Waals surface area contributed by atoms with Gasteiger partial charge < -0.3 is 11.1 Å². The van der Waals surface area contributed by atoms with Crippen LogP contribution in [-0.4, -0.2) is 12.5 Å². The molecule has 1 heterocycles. The number of anilines is 1. The number of carbonyl (C=O) groups excluding carboxylic acids is 1. The third kappa shape index (κ3) is 3.38. The summed E-state index contributed by atoms with van der Waals surface area (Å²) >= 11 is 1.58. The van der Waals surface area contributed by atoms with Crippen molar-refractivity contribution in [3.63, 3.8) is 0 Å². The second-order valence-corrected chi connectivity index (χ2v) is 6.58. The summed E-state index contributed by atoms with van der Waals surface area (Å²) in [5, 5.41) is 13.0. The number of nitrogens with two attached hydrogens (primary N) is 1. The molecule has 4 nitrogen and oxygen atoms in total. The van der Waals surface area contributed by atoms with Crippen molar-refractivity contribution < 1.29 is 4.79 Å². The van der Waals surface area contributed by atoms with E-state index in [1.54, 1.807) is 11.3 Å². The summed E-state index contributed by atoms with van der Waals surface area (Å²) in [6, 6.07) is 2.28. The molecule has 1 amide bonds. The van der Waals surface area contributed by atoms with Gasteiger partial charge in [0, 0.05) is 11.3 Å². The number of nitrogens with zero attached hydrogens (tertiary/aromatic N) is 1. The molecular weight excluding hydrogens is 270 g/mol. The molecule has 1 aromatic heterocycles. The molecule has 1 aliphatic rings. The minimum atomic E-state index is -0.0455. The highest BCUT2D eigenvalue weighted by molar-refractivity contribution is 7.16. The van der Waals surface area contributed by atoms with Crippen molar-refractivity contribution in [1.29, 1.82) is 5.26 Å². The normalized spacial score (nSPS) is 15.8. The summed E-state index contributed by atoms with van der Waals surface area (Å²) in [4.78, 5) is 13.2. The summed E-state index contributed by atoms with van der Waals surface area (Å²) in [6.45, 7) is 2.45. The minimum absolute atomic E-state index is 0.0455. The van der Waals surface area contributed by atoms with E-state index in [0.29, 0.717) is 18.5 Å². The lowest BCUT2D eigenvalue weighted by Crippen LogP contribution is -2.20. The second-order valence-electron chi connectivity index (χ2n) is 5.47. The van der Waals surface area contributed by atoms with Crippen LogP contribution in [0.1, 0.15) is 48.6 Å². The van der Waals surface area contributed by atoms with Gasteiger partial charge in [0.1, 0.15) is 11.1 Å². The van der Waals surface area contributed by atoms with Crippen LogP contribution >= 0.6 is 11.3 Å². The van der Waals surface area contributed by atoms with Crippen LogP contribution in [0.4, 0.5) is 5.00 Å². The van der Waals surface area contributed by atoms with Gasteiger partial charge in [-0.1, -0.05) is 13.3 Å². The van der Waals surface area contributed by atoms with Gasteiger partial charge in [0.15, 0.2) is 0 Å². The number of carbonyl (C=O) groups is 1. The Bertz CT molecular complexity index is 530. The summed E-state index contributed by atoms with van der Waals surface area (Å²) in [5.41, 5.74) is 7.38. The zero-order valence-corrected chi connectivity index (χ0v) is 12.7. The largest absolute Gasteiger partial charge is 0.330 e. The third-order valence-electron chi connectivity index (χ3n) is 3.72. The van der Waals surface area contributed by atoms with Crippen molar-refractivity contribution in [2.24, 2.45) is 11.7 Å². The van der Waals surface area contributed by atoms with Crippen LogP contribution < -0.4 is 11.1 Å². The van der Waals surface area contributed by atoms with Crippen LogP contribution in [0.5, 0.6) is 0 Å². The first kappa shape index (κ1) is 15.0. The molecule has 0 aliphatic heterocycles. The molecule has 2 rings (SSSR count). The van der Waals surface area contributed by atoms with Gasteiger partial charge in [-0.15, -0.1) is 11.3 Å². The fourth-order valence-electron chi connectivity index (χ4n) is 2.53. The van der Waals surface area contributed by atoms with E-state index in [9.17, 15) is 10.1 Å². The maximum absolute atomic E-state index is 12.0. The summed E-state index contributed by atoms with van der Waals surface area (Å²) in [5.74, 6) is 0.120. The SMILES string of the molecule is CC(CN)CC(=O)Nc1sc2c(c1C#N)CCCCC2. The van der Waals surface area contributed by atoms with Crippen LogP contribution in [0.15, 0.2) is 0 Å². The fraction of sp³-hybridized carbons (Fsp3) is 0.600. The maximum atomic E-state index is 12.0. The highest BCUT2D eigenvalue weighted by atomic mass is 32.1. The summed E-state index contributed by atoms with van der Waals surface area (Å²) in [7, 11) is 0. The van der Waals surface area contributed by atoms with Crippen molar-refractivity contribution >= 4 is 22.2 Å². The van der Waals surface area contributed by atoms with Crippen molar-refractivity contribution in [1.82, 2.24) is 0 Å². The van der Waals surface area contributed by atoms with E-state index in [-0.39, 0.29) is 11.8 Å². The Morgan fingerprint density at radius 1 is 1.45 bits per heavy atom. The molecule has 1 unspecified atom stereocenters. The monoisotopic (exact) mass is 291 g/mol. The van der Waals surface area contributed by atoms with Gasteiger partial charge in [-0.2, -0.15) is 5.26 Å². The average molecular weight is 291 g/mol. The molecule has 0 spiro atoms. The van der Waals surface area contributed by atoms with Crippen LogP contribution in [0.2, 0.25) is 0 Å². The minimum Gasteiger partial charge on any atom is -0.330 e. The van der Waals surface area contributed by atoms with Crippen LogP contribution in [0.25, 0.3) is 0 Å². The number of fused-ring (bicyclic) bond motifs is 1. The van der Waals surface area contributed by atoms with Crippen molar-refractivity contribution in [3.05, 3.63) is 16.0 Å². The van der Waals surface area contributed by atoms with E-state index in [1.165, 1.54) is 17.7 Å². The highest BCUT2D eigenvalue weighted by Gasteiger charge is 2.21. The Balaban J connectivity index is 2.16. The summed E-state index contributed by atoms with van der Waals surface area (Å²) < 4.78 is 0. The van der Waals surface area contributed by atoms with Gasteiger partial charge >= 0.3 is 0 Å². The first-order valence-electron chi connectivity index (χ1n) is 7.20. The van der Waals surface area contributed by atoms with Crippen molar-refractivity contribution in [2.75, 3.05) is 11.9 Å². The lowest BCUT2D eigenvalue weighted by atomic mass is 10.1. The van der Waals surface area contributed by atoms with Gasteiger partial charge in [-0.25, -0.2) is 0 Å². The zero-order valence-electron chi connectivity index (χ0n) is 11.9. The van der Waals surface area contributed by atoms with E-state index >= 15 is 0 Å². The number of rotatable bonds is 4.